The highest BCUT2D eigenvalue weighted by Gasteiger charge is 2.24. The van der Waals surface area contributed by atoms with Gasteiger partial charge in [0.05, 0.1) is 5.02 Å². The number of halogens is 2. The van der Waals surface area contributed by atoms with Gasteiger partial charge in [0.2, 0.25) is 0 Å². The van der Waals surface area contributed by atoms with E-state index in [-0.39, 0.29) is 11.4 Å². The van der Waals surface area contributed by atoms with E-state index in [1.165, 1.54) is 26.0 Å². The van der Waals surface area contributed by atoms with Crippen molar-refractivity contribution in [3.8, 4) is 0 Å². The molecule has 0 aliphatic carbocycles. The highest BCUT2D eigenvalue weighted by Crippen LogP contribution is 2.21. The van der Waals surface area contributed by atoms with E-state index in [2.05, 4.69) is 0 Å². The molecule has 0 aliphatic rings. The number of carbonyl (C=O) groups excluding carboxylic acids is 1. The maximum atomic E-state index is 13.0. The van der Waals surface area contributed by atoms with Crippen LogP contribution in [0.4, 0.5) is 4.39 Å². The standard InChI is InChI=1S/C11H12ClFO2/c1-11(2,15)9(14)6-7-4-3-5-8(13)10(7)12/h3-5,15H,6H2,1-2H3. The van der Waals surface area contributed by atoms with Crippen LogP contribution in [0.25, 0.3) is 0 Å². The van der Waals surface area contributed by atoms with E-state index < -0.39 is 17.2 Å². The van der Waals surface area contributed by atoms with Crippen molar-refractivity contribution < 1.29 is 14.3 Å². The molecule has 0 bridgehead atoms. The second-order valence-corrected chi connectivity index (χ2v) is 4.25. The molecule has 0 fully saturated rings. The number of ketones is 1. The van der Waals surface area contributed by atoms with E-state index in [1.807, 2.05) is 0 Å². The maximum Gasteiger partial charge on any atom is 0.168 e. The Labute approximate surface area is 92.7 Å². The molecule has 0 saturated carbocycles. The SMILES string of the molecule is CC(C)(O)C(=O)Cc1cccc(F)c1Cl. The second kappa shape index (κ2) is 4.29. The summed E-state index contributed by atoms with van der Waals surface area (Å²) in [5, 5.41) is 9.36. The van der Waals surface area contributed by atoms with E-state index in [4.69, 9.17) is 11.6 Å². The summed E-state index contributed by atoms with van der Waals surface area (Å²) in [6.07, 6.45) is -0.0694. The summed E-state index contributed by atoms with van der Waals surface area (Å²) in [6, 6.07) is 4.27. The van der Waals surface area contributed by atoms with Crippen LogP contribution in [-0.2, 0) is 11.2 Å². The van der Waals surface area contributed by atoms with Crippen LogP contribution >= 0.6 is 11.6 Å². The van der Waals surface area contributed by atoms with Crippen molar-refractivity contribution in [2.45, 2.75) is 25.9 Å². The minimum Gasteiger partial charge on any atom is -0.383 e. The van der Waals surface area contributed by atoms with Crippen LogP contribution in [0.1, 0.15) is 19.4 Å². The second-order valence-electron chi connectivity index (χ2n) is 3.87. The minimum atomic E-state index is -1.42. The first-order valence-electron chi connectivity index (χ1n) is 4.51. The molecule has 0 radical (unpaired) electrons. The summed E-state index contributed by atoms with van der Waals surface area (Å²) < 4.78 is 13.0. The van der Waals surface area contributed by atoms with E-state index in [1.54, 1.807) is 6.07 Å². The van der Waals surface area contributed by atoms with E-state index in [9.17, 15) is 14.3 Å². The molecule has 1 aromatic rings. The van der Waals surface area contributed by atoms with Crippen molar-refractivity contribution in [2.24, 2.45) is 0 Å². The number of Topliss-reactive ketones (excluding diaryl/α,β-unsaturated/α-hetero) is 1. The van der Waals surface area contributed by atoms with Gasteiger partial charge >= 0.3 is 0 Å². The Morgan fingerprint density at radius 2 is 2.13 bits per heavy atom. The quantitative estimate of drug-likeness (QED) is 0.866. The lowest BCUT2D eigenvalue weighted by atomic mass is 9.97. The smallest absolute Gasteiger partial charge is 0.168 e. The first kappa shape index (κ1) is 12.1. The van der Waals surface area contributed by atoms with Gasteiger partial charge < -0.3 is 5.11 Å². The Morgan fingerprint density at radius 3 is 2.67 bits per heavy atom. The Hall–Kier alpha value is -0.930. The third-order valence-corrected chi connectivity index (χ3v) is 2.49. The molecule has 0 aromatic heterocycles. The number of hydrogen-bond acceptors (Lipinski definition) is 2. The summed E-state index contributed by atoms with van der Waals surface area (Å²) >= 11 is 5.68. The monoisotopic (exact) mass is 230 g/mol. The molecule has 0 amide bonds. The van der Waals surface area contributed by atoms with Crippen LogP contribution in [0.5, 0.6) is 0 Å². The van der Waals surface area contributed by atoms with Crippen molar-refractivity contribution in [1.82, 2.24) is 0 Å². The first-order chi connectivity index (χ1) is 6.82. The van der Waals surface area contributed by atoms with Gasteiger partial charge in [-0.25, -0.2) is 4.39 Å². The molecule has 0 atom stereocenters. The molecule has 82 valence electrons. The fourth-order valence-electron chi connectivity index (χ4n) is 1.07. The zero-order valence-electron chi connectivity index (χ0n) is 8.55. The Kier molecular flexibility index (Phi) is 3.47. The lowest BCUT2D eigenvalue weighted by Crippen LogP contribution is -2.32. The summed E-state index contributed by atoms with van der Waals surface area (Å²) in [6.45, 7) is 2.78. The third-order valence-electron chi connectivity index (χ3n) is 2.06. The lowest BCUT2D eigenvalue weighted by molar-refractivity contribution is -0.133. The number of benzene rings is 1. The van der Waals surface area contributed by atoms with Gasteiger partial charge in [-0.05, 0) is 25.5 Å². The number of aliphatic hydroxyl groups is 1. The largest absolute Gasteiger partial charge is 0.383 e. The van der Waals surface area contributed by atoms with E-state index in [0.717, 1.165) is 0 Å². The predicted molar refractivity (Wildman–Crippen MR) is 56.4 cm³/mol. The summed E-state index contributed by atoms with van der Waals surface area (Å²) in [7, 11) is 0. The maximum absolute atomic E-state index is 13.0. The topological polar surface area (TPSA) is 37.3 Å². The van der Waals surface area contributed by atoms with Gasteiger partial charge in [-0.15, -0.1) is 0 Å². The number of carbonyl (C=O) groups is 1. The lowest BCUT2D eigenvalue weighted by Gasteiger charge is -2.15. The first-order valence-corrected chi connectivity index (χ1v) is 4.88. The molecule has 0 unspecified atom stereocenters. The normalized spacial score (nSPS) is 11.5. The highest BCUT2D eigenvalue weighted by molar-refractivity contribution is 6.31. The molecule has 0 heterocycles. The van der Waals surface area contributed by atoms with Gasteiger partial charge in [-0.3, -0.25) is 4.79 Å². The zero-order valence-corrected chi connectivity index (χ0v) is 9.31. The average molecular weight is 231 g/mol. The fourth-order valence-corrected chi connectivity index (χ4v) is 1.27. The Morgan fingerprint density at radius 1 is 1.53 bits per heavy atom. The predicted octanol–water partition coefficient (Wildman–Crippen LogP) is 2.36. The van der Waals surface area contributed by atoms with Gasteiger partial charge in [0, 0.05) is 6.42 Å². The third kappa shape index (κ3) is 3.01. The molecule has 2 nitrogen and oxygen atoms in total. The molecule has 0 spiro atoms. The van der Waals surface area contributed by atoms with Crippen LogP contribution in [-0.4, -0.2) is 16.5 Å². The summed E-state index contributed by atoms with van der Waals surface area (Å²) in [4.78, 5) is 11.5. The summed E-state index contributed by atoms with van der Waals surface area (Å²) in [5.74, 6) is -0.951. The van der Waals surface area contributed by atoms with Crippen LogP contribution in [0, 0.1) is 5.82 Å². The molecular formula is C11H12ClFO2. The van der Waals surface area contributed by atoms with Gasteiger partial charge in [-0.1, -0.05) is 23.7 Å². The number of hydrogen-bond donors (Lipinski definition) is 1. The number of rotatable bonds is 3. The molecular weight excluding hydrogens is 219 g/mol. The van der Waals surface area contributed by atoms with Gasteiger partial charge in [0.1, 0.15) is 11.4 Å². The Bertz CT molecular complexity index is 383. The summed E-state index contributed by atoms with van der Waals surface area (Å²) in [5.41, 5.74) is -1.03. The molecule has 1 rings (SSSR count). The molecule has 15 heavy (non-hydrogen) atoms. The minimum absolute atomic E-state index is 0.0601. The van der Waals surface area contributed by atoms with E-state index >= 15 is 0 Å². The van der Waals surface area contributed by atoms with Gasteiger partial charge in [0.15, 0.2) is 5.78 Å². The van der Waals surface area contributed by atoms with Crippen molar-refractivity contribution in [2.75, 3.05) is 0 Å². The Balaban J connectivity index is 2.91. The molecule has 4 heteroatoms. The average Bonchev–Trinajstić information content (AvgIpc) is 2.11. The zero-order chi connectivity index (χ0) is 11.6. The highest BCUT2D eigenvalue weighted by atomic mass is 35.5. The van der Waals surface area contributed by atoms with Crippen LogP contribution in [0.3, 0.4) is 0 Å². The van der Waals surface area contributed by atoms with Crippen molar-refractivity contribution in [3.05, 3.63) is 34.6 Å². The fraction of sp³-hybridized carbons (Fsp3) is 0.364. The van der Waals surface area contributed by atoms with Crippen molar-refractivity contribution >= 4 is 17.4 Å². The van der Waals surface area contributed by atoms with Crippen LogP contribution < -0.4 is 0 Å². The molecule has 0 aliphatic heterocycles. The van der Waals surface area contributed by atoms with Crippen LogP contribution in [0.2, 0.25) is 5.02 Å². The van der Waals surface area contributed by atoms with Gasteiger partial charge in [-0.2, -0.15) is 0 Å². The molecule has 1 N–H and O–H groups in total. The molecule has 0 saturated heterocycles. The van der Waals surface area contributed by atoms with Gasteiger partial charge in [0.25, 0.3) is 0 Å². The van der Waals surface area contributed by atoms with E-state index in [0.29, 0.717) is 5.56 Å². The van der Waals surface area contributed by atoms with Crippen LogP contribution in [0.15, 0.2) is 18.2 Å². The van der Waals surface area contributed by atoms with Crippen molar-refractivity contribution in [3.63, 3.8) is 0 Å². The molecule has 1 aromatic carbocycles. The van der Waals surface area contributed by atoms with Crippen molar-refractivity contribution in [1.29, 1.82) is 0 Å².